The molecule has 2 aromatic rings. The minimum Gasteiger partial charge on any atom is -0.324 e. The first kappa shape index (κ1) is 22.0. The zero-order chi connectivity index (χ0) is 22.8. The van der Waals surface area contributed by atoms with E-state index in [0.717, 1.165) is 11.6 Å². The van der Waals surface area contributed by atoms with Crippen molar-refractivity contribution in [2.75, 3.05) is 31.1 Å². The number of hydrogen-bond donors (Lipinski definition) is 0. The first-order chi connectivity index (χ1) is 15.3. The number of anilines is 1. The maximum absolute atomic E-state index is 13.4. The van der Waals surface area contributed by atoms with Gasteiger partial charge in [0.2, 0.25) is 23.6 Å². The molecule has 2 aromatic carbocycles. The Hall–Kier alpha value is -3.26. The van der Waals surface area contributed by atoms with Crippen molar-refractivity contribution >= 4 is 40.9 Å². The van der Waals surface area contributed by atoms with Gasteiger partial charge in [-0.1, -0.05) is 41.9 Å². The highest BCUT2D eigenvalue weighted by molar-refractivity contribution is 6.31. The van der Waals surface area contributed by atoms with E-state index in [1.54, 1.807) is 0 Å². The fourth-order valence-electron chi connectivity index (χ4n) is 4.02. The zero-order valence-corrected chi connectivity index (χ0v) is 17.9. The predicted octanol–water partition coefficient (Wildman–Crippen LogP) is 2.27. The van der Waals surface area contributed by atoms with E-state index in [1.165, 1.54) is 26.8 Å². The van der Waals surface area contributed by atoms with Crippen molar-refractivity contribution in [1.82, 2.24) is 9.80 Å². The standard InChI is InChI=1S/C23H21ClFN3O4/c24-18-11-17(6-7-19(18)25)28-12-16(10-20(28)29)23(32)26-13-21(30)27(22(31)14-26)9-8-15-4-2-1-3-5-15/h1-7,11,16H,8-10,12-14H2/t16-/m1/s1. The number of hydrogen-bond acceptors (Lipinski definition) is 4. The number of imide groups is 1. The van der Waals surface area contributed by atoms with Crippen LogP contribution < -0.4 is 4.90 Å². The zero-order valence-electron chi connectivity index (χ0n) is 17.2. The molecule has 9 heteroatoms. The molecule has 32 heavy (non-hydrogen) atoms. The molecule has 0 spiro atoms. The third-order valence-corrected chi connectivity index (χ3v) is 6.01. The number of amides is 4. The molecule has 0 bridgehead atoms. The number of piperazine rings is 1. The third-order valence-electron chi connectivity index (χ3n) is 5.72. The van der Waals surface area contributed by atoms with Crippen LogP contribution in [0, 0.1) is 11.7 Å². The van der Waals surface area contributed by atoms with Gasteiger partial charge in [-0.25, -0.2) is 4.39 Å². The van der Waals surface area contributed by atoms with Gasteiger partial charge in [0.15, 0.2) is 0 Å². The minimum absolute atomic E-state index is 0.0512. The lowest BCUT2D eigenvalue weighted by molar-refractivity contribution is -0.157. The quantitative estimate of drug-likeness (QED) is 0.645. The highest BCUT2D eigenvalue weighted by atomic mass is 35.5. The summed E-state index contributed by atoms with van der Waals surface area (Å²) in [5, 5.41) is -0.118. The Labute approximate surface area is 189 Å². The predicted molar refractivity (Wildman–Crippen MR) is 115 cm³/mol. The molecule has 2 fully saturated rings. The number of halogens is 2. The lowest BCUT2D eigenvalue weighted by Gasteiger charge is -2.33. The summed E-state index contributed by atoms with van der Waals surface area (Å²) in [4.78, 5) is 54.3. The molecule has 1 atom stereocenters. The number of benzene rings is 2. The van der Waals surface area contributed by atoms with Crippen molar-refractivity contribution in [3.63, 3.8) is 0 Å². The SMILES string of the molecule is O=C([C@@H]1CC(=O)N(c2ccc(F)c(Cl)c2)C1)N1CC(=O)N(CCc2ccccc2)C(=O)C1. The first-order valence-electron chi connectivity index (χ1n) is 10.2. The molecule has 0 saturated carbocycles. The molecular formula is C23H21ClFN3O4. The molecular weight excluding hydrogens is 437 g/mol. The molecule has 0 N–H and O–H groups in total. The molecule has 0 aromatic heterocycles. The maximum Gasteiger partial charge on any atom is 0.248 e. The monoisotopic (exact) mass is 457 g/mol. The van der Waals surface area contributed by atoms with E-state index in [-0.39, 0.29) is 43.5 Å². The van der Waals surface area contributed by atoms with Gasteiger partial charge in [0.25, 0.3) is 0 Å². The van der Waals surface area contributed by atoms with Crippen molar-refractivity contribution in [3.05, 3.63) is 64.9 Å². The van der Waals surface area contributed by atoms with E-state index < -0.39 is 29.5 Å². The molecule has 2 heterocycles. The summed E-state index contributed by atoms with van der Waals surface area (Å²) < 4.78 is 13.4. The molecule has 2 aliphatic heterocycles. The summed E-state index contributed by atoms with van der Waals surface area (Å²) in [7, 11) is 0. The highest BCUT2D eigenvalue weighted by Crippen LogP contribution is 2.29. The Morgan fingerprint density at radius 1 is 1.00 bits per heavy atom. The summed E-state index contributed by atoms with van der Waals surface area (Å²) in [6, 6.07) is 13.4. The van der Waals surface area contributed by atoms with Gasteiger partial charge < -0.3 is 9.80 Å². The number of carbonyl (C=O) groups excluding carboxylic acids is 4. The second kappa shape index (κ2) is 9.08. The Balaban J connectivity index is 1.38. The van der Waals surface area contributed by atoms with Crippen LogP contribution in [0.3, 0.4) is 0 Å². The topological polar surface area (TPSA) is 78.0 Å². The second-order valence-corrected chi connectivity index (χ2v) is 8.28. The summed E-state index contributed by atoms with van der Waals surface area (Å²) >= 11 is 5.80. The van der Waals surface area contributed by atoms with Crippen LogP contribution in [0.15, 0.2) is 48.5 Å². The molecule has 0 unspecified atom stereocenters. The van der Waals surface area contributed by atoms with Gasteiger partial charge in [0.1, 0.15) is 18.9 Å². The second-order valence-electron chi connectivity index (χ2n) is 7.87. The van der Waals surface area contributed by atoms with Crippen molar-refractivity contribution < 1.29 is 23.6 Å². The van der Waals surface area contributed by atoms with Gasteiger partial charge in [0.05, 0.1) is 10.9 Å². The molecule has 166 valence electrons. The van der Waals surface area contributed by atoms with E-state index in [4.69, 9.17) is 11.6 Å². The normalized spacial score (nSPS) is 19.1. The Morgan fingerprint density at radius 3 is 2.34 bits per heavy atom. The largest absolute Gasteiger partial charge is 0.324 e. The smallest absolute Gasteiger partial charge is 0.248 e. The average Bonchev–Trinajstić information content (AvgIpc) is 3.16. The Morgan fingerprint density at radius 2 is 1.69 bits per heavy atom. The summed E-state index contributed by atoms with van der Waals surface area (Å²) in [6.07, 6.45) is 0.489. The van der Waals surface area contributed by atoms with E-state index in [9.17, 15) is 23.6 Å². The number of carbonyl (C=O) groups is 4. The van der Waals surface area contributed by atoms with Crippen LogP contribution in [0.4, 0.5) is 10.1 Å². The molecule has 2 aliphatic rings. The van der Waals surface area contributed by atoms with E-state index >= 15 is 0 Å². The van der Waals surface area contributed by atoms with Crippen LogP contribution in [0.1, 0.15) is 12.0 Å². The van der Waals surface area contributed by atoms with E-state index in [1.807, 2.05) is 30.3 Å². The van der Waals surface area contributed by atoms with Crippen LogP contribution in [0.25, 0.3) is 0 Å². The van der Waals surface area contributed by atoms with Gasteiger partial charge in [-0.15, -0.1) is 0 Å². The van der Waals surface area contributed by atoms with Crippen LogP contribution in [-0.4, -0.2) is 59.6 Å². The van der Waals surface area contributed by atoms with Gasteiger partial charge in [-0.2, -0.15) is 0 Å². The third kappa shape index (κ3) is 4.50. The molecule has 4 rings (SSSR count). The van der Waals surface area contributed by atoms with Crippen molar-refractivity contribution in [3.8, 4) is 0 Å². The first-order valence-corrected chi connectivity index (χ1v) is 10.6. The molecule has 2 saturated heterocycles. The Kier molecular flexibility index (Phi) is 6.23. The van der Waals surface area contributed by atoms with Gasteiger partial charge in [0, 0.05) is 25.2 Å². The van der Waals surface area contributed by atoms with Crippen LogP contribution in [0.5, 0.6) is 0 Å². The van der Waals surface area contributed by atoms with Crippen LogP contribution in [-0.2, 0) is 25.6 Å². The molecule has 0 radical (unpaired) electrons. The summed E-state index contributed by atoms with van der Waals surface area (Å²) in [6.45, 7) is -0.0696. The summed E-state index contributed by atoms with van der Waals surface area (Å²) in [5.41, 5.74) is 1.41. The van der Waals surface area contributed by atoms with Crippen molar-refractivity contribution in [2.45, 2.75) is 12.8 Å². The fraction of sp³-hybridized carbons (Fsp3) is 0.304. The van der Waals surface area contributed by atoms with Gasteiger partial charge in [-0.3, -0.25) is 24.1 Å². The molecule has 0 aliphatic carbocycles. The number of rotatable bonds is 5. The van der Waals surface area contributed by atoms with Crippen LogP contribution >= 0.6 is 11.6 Å². The lowest BCUT2D eigenvalue weighted by Crippen LogP contribution is -2.57. The average molecular weight is 458 g/mol. The number of nitrogens with zero attached hydrogens (tertiary/aromatic N) is 3. The lowest BCUT2D eigenvalue weighted by atomic mass is 10.1. The fourth-order valence-corrected chi connectivity index (χ4v) is 4.19. The van der Waals surface area contributed by atoms with Crippen molar-refractivity contribution in [1.29, 1.82) is 0 Å². The Bertz CT molecular complexity index is 1060. The van der Waals surface area contributed by atoms with Crippen LogP contribution in [0.2, 0.25) is 5.02 Å². The maximum atomic E-state index is 13.4. The van der Waals surface area contributed by atoms with Gasteiger partial charge >= 0.3 is 0 Å². The van der Waals surface area contributed by atoms with Crippen molar-refractivity contribution in [2.24, 2.45) is 5.92 Å². The molecule has 4 amide bonds. The molecule has 7 nitrogen and oxygen atoms in total. The van der Waals surface area contributed by atoms with Gasteiger partial charge in [-0.05, 0) is 30.2 Å². The minimum atomic E-state index is -0.692. The van der Waals surface area contributed by atoms with E-state index in [0.29, 0.717) is 12.1 Å². The highest BCUT2D eigenvalue weighted by Gasteiger charge is 2.41. The summed E-state index contributed by atoms with van der Waals surface area (Å²) in [5.74, 6) is -2.88. The van der Waals surface area contributed by atoms with E-state index in [2.05, 4.69) is 0 Å².